The standard InChI is InChI=1S/C7H9Br2N3O/c8-6-10-7(9)12(11-6)4-5-2-1-3-13-5/h5H,1-4H2. The minimum absolute atomic E-state index is 0.296. The van der Waals surface area contributed by atoms with Crippen LogP contribution in [0.25, 0.3) is 0 Å². The van der Waals surface area contributed by atoms with E-state index in [0.717, 1.165) is 30.7 Å². The Kier molecular flexibility index (Phi) is 3.00. The van der Waals surface area contributed by atoms with Gasteiger partial charge in [0.2, 0.25) is 4.73 Å². The molecule has 0 N–H and O–H groups in total. The number of hydrogen-bond acceptors (Lipinski definition) is 3. The molecule has 0 aromatic carbocycles. The van der Waals surface area contributed by atoms with Gasteiger partial charge < -0.3 is 4.74 Å². The van der Waals surface area contributed by atoms with Crippen molar-refractivity contribution in [2.24, 2.45) is 0 Å². The van der Waals surface area contributed by atoms with E-state index in [9.17, 15) is 0 Å². The third-order valence-corrected chi connectivity index (χ3v) is 2.92. The van der Waals surface area contributed by atoms with Gasteiger partial charge in [-0.25, -0.2) is 4.68 Å². The van der Waals surface area contributed by atoms with Gasteiger partial charge >= 0.3 is 0 Å². The van der Waals surface area contributed by atoms with E-state index in [1.807, 2.05) is 0 Å². The zero-order chi connectivity index (χ0) is 9.26. The van der Waals surface area contributed by atoms with Gasteiger partial charge in [-0.1, -0.05) is 0 Å². The first-order valence-corrected chi connectivity index (χ1v) is 5.72. The van der Waals surface area contributed by atoms with Gasteiger partial charge in [0.15, 0.2) is 4.73 Å². The van der Waals surface area contributed by atoms with Crippen molar-refractivity contribution < 1.29 is 4.74 Å². The molecule has 13 heavy (non-hydrogen) atoms. The summed E-state index contributed by atoms with van der Waals surface area (Å²) in [5.41, 5.74) is 0. The maximum atomic E-state index is 5.50. The van der Waals surface area contributed by atoms with Crippen LogP contribution in [-0.2, 0) is 11.3 Å². The van der Waals surface area contributed by atoms with Crippen LogP contribution in [-0.4, -0.2) is 27.5 Å². The Labute approximate surface area is 92.9 Å². The predicted molar refractivity (Wildman–Crippen MR) is 54.4 cm³/mol. The molecule has 1 aliphatic rings. The molecule has 2 rings (SSSR count). The molecule has 0 amide bonds. The number of hydrogen-bond donors (Lipinski definition) is 0. The van der Waals surface area contributed by atoms with E-state index in [4.69, 9.17) is 4.74 Å². The van der Waals surface area contributed by atoms with Crippen LogP contribution in [0.15, 0.2) is 9.47 Å². The van der Waals surface area contributed by atoms with Gasteiger partial charge in [-0.05, 0) is 44.7 Å². The predicted octanol–water partition coefficient (Wildman–Crippen LogP) is 1.98. The lowest BCUT2D eigenvalue weighted by molar-refractivity contribution is 0.0932. The van der Waals surface area contributed by atoms with Crippen LogP contribution in [0.2, 0.25) is 0 Å². The number of ether oxygens (including phenoxy) is 1. The largest absolute Gasteiger partial charge is 0.376 e. The lowest BCUT2D eigenvalue weighted by Crippen LogP contribution is -2.16. The highest BCUT2D eigenvalue weighted by Crippen LogP contribution is 2.17. The van der Waals surface area contributed by atoms with Crippen LogP contribution >= 0.6 is 31.9 Å². The molecule has 0 aliphatic carbocycles. The Bertz CT molecular complexity index is 296. The number of nitrogens with zero attached hydrogens (tertiary/aromatic N) is 3. The fraction of sp³-hybridized carbons (Fsp3) is 0.714. The molecule has 0 spiro atoms. The molecular weight excluding hydrogens is 302 g/mol. The molecule has 1 aromatic rings. The molecule has 0 radical (unpaired) electrons. The zero-order valence-electron chi connectivity index (χ0n) is 6.91. The van der Waals surface area contributed by atoms with Crippen molar-refractivity contribution in [2.45, 2.75) is 25.5 Å². The Morgan fingerprint density at radius 2 is 2.38 bits per heavy atom. The lowest BCUT2D eigenvalue weighted by Gasteiger charge is -2.08. The van der Waals surface area contributed by atoms with Crippen molar-refractivity contribution in [1.82, 2.24) is 14.8 Å². The second-order valence-electron chi connectivity index (χ2n) is 2.97. The van der Waals surface area contributed by atoms with Crippen LogP contribution in [0.5, 0.6) is 0 Å². The van der Waals surface area contributed by atoms with Gasteiger partial charge in [-0.15, -0.1) is 5.10 Å². The van der Waals surface area contributed by atoms with Crippen molar-refractivity contribution in [2.75, 3.05) is 6.61 Å². The van der Waals surface area contributed by atoms with Crippen molar-refractivity contribution >= 4 is 31.9 Å². The molecule has 1 aliphatic heterocycles. The van der Waals surface area contributed by atoms with E-state index in [-0.39, 0.29) is 0 Å². The van der Waals surface area contributed by atoms with Crippen molar-refractivity contribution in [3.63, 3.8) is 0 Å². The van der Waals surface area contributed by atoms with E-state index in [0.29, 0.717) is 10.8 Å². The fourth-order valence-electron chi connectivity index (χ4n) is 1.39. The van der Waals surface area contributed by atoms with Crippen molar-refractivity contribution in [1.29, 1.82) is 0 Å². The molecule has 1 unspecified atom stereocenters. The average molecular weight is 311 g/mol. The first-order chi connectivity index (χ1) is 6.25. The highest BCUT2D eigenvalue weighted by atomic mass is 79.9. The summed E-state index contributed by atoms with van der Waals surface area (Å²) in [5, 5.41) is 4.17. The quantitative estimate of drug-likeness (QED) is 0.838. The summed E-state index contributed by atoms with van der Waals surface area (Å²) in [6, 6.07) is 0. The Balaban J connectivity index is 2.03. The SMILES string of the molecule is Brc1nc(Br)n(CC2CCCO2)n1. The summed E-state index contributed by atoms with van der Waals surface area (Å²) >= 11 is 6.55. The van der Waals surface area contributed by atoms with E-state index in [2.05, 4.69) is 41.9 Å². The summed E-state index contributed by atoms with van der Waals surface area (Å²) in [6.07, 6.45) is 2.56. The van der Waals surface area contributed by atoms with Crippen LogP contribution in [0, 0.1) is 0 Å². The monoisotopic (exact) mass is 309 g/mol. The molecule has 0 saturated carbocycles. The smallest absolute Gasteiger partial charge is 0.218 e. The fourth-order valence-corrected chi connectivity index (χ4v) is 2.38. The molecule has 4 nitrogen and oxygen atoms in total. The van der Waals surface area contributed by atoms with Gasteiger partial charge in [0.05, 0.1) is 12.6 Å². The maximum Gasteiger partial charge on any atom is 0.218 e. The van der Waals surface area contributed by atoms with Gasteiger partial charge in [-0.3, -0.25) is 0 Å². The molecule has 1 aromatic heterocycles. The normalized spacial score (nSPS) is 22.5. The Morgan fingerprint density at radius 1 is 1.54 bits per heavy atom. The molecule has 1 fully saturated rings. The van der Waals surface area contributed by atoms with E-state index >= 15 is 0 Å². The third kappa shape index (κ3) is 2.30. The summed E-state index contributed by atoms with van der Waals surface area (Å²) in [6.45, 7) is 1.65. The third-order valence-electron chi connectivity index (χ3n) is 2.00. The van der Waals surface area contributed by atoms with E-state index in [1.54, 1.807) is 4.68 Å². The van der Waals surface area contributed by atoms with Crippen molar-refractivity contribution in [3.8, 4) is 0 Å². The van der Waals surface area contributed by atoms with Crippen LogP contribution in [0.3, 0.4) is 0 Å². The summed E-state index contributed by atoms with van der Waals surface area (Å²) < 4.78 is 8.66. The molecular formula is C7H9Br2N3O. The number of rotatable bonds is 2. The first-order valence-electron chi connectivity index (χ1n) is 4.13. The zero-order valence-corrected chi connectivity index (χ0v) is 10.1. The first kappa shape index (κ1) is 9.61. The topological polar surface area (TPSA) is 39.9 Å². The Hall–Kier alpha value is 0.0600. The summed E-state index contributed by atoms with van der Waals surface area (Å²) in [7, 11) is 0. The minimum Gasteiger partial charge on any atom is -0.376 e. The van der Waals surface area contributed by atoms with Gasteiger partial charge in [0.25, 0.3) is 0 Å². The number of aromatic nitrogens is 3. The highest BCUT2D eigenvalue weighted by molar-refractivity contribution is 9.11. The van der Waals surface area contributed by atoms with Crippen LogP contribution in [0.1, 0.15) is 12.8 Å². The minimum atomic E-state index is 0.296. The molecule has 2 heterocycles. The van der Waals surface area contributed by atoms with Crippen molar-refractivity contribution in [3.05, 3.63) is 9.47 Å². The maximum absolute atomic E-state index is 5.50. The van der Waals surface area contributed by atoms with Crippen LogP contribution in [0.4, 0.5) is 0 Å². The second kappa shape index (κ2) is 4.06. The highest BCUT2D eigenvalue weighted by Gasteiger charge is 2.18. The molecule has 6 heteroatoms. The molecule has 72 valence electrons. The number of halogens is 2. The molecule has 1 saturated heterocycles. The second-order valence-corrected chi connectivity index (χ2v) is 4.39. The average Bonchev–Trinajstić information content (AvgIpc) is 2.63. The van der Waals surface area contributed by atoms with E-state index in [1.165, 1.54) is 0 Å². The van der Waals surface area contributed by atoms with Gasteiger partial charge in [0.1, 0.15) is 0 Å². The molecule has 1 atom stereocenters. The summed E-state index contributed by atoms with van der Waals surface area (Å²) in [4.78, 5) is 4.08. The van der Waals surface area contributed by atoms with E-state index < -0.39 is 0 Å². The van der Waals surface area contributed by atoms with Gasteiger partial charge in [-0.2, -0.15) is 4.98 Å². The van der Waals surface area contributed by atoms with Gasteiger partial charge in [0, 0.05) is 6.61 Å². The van der Waals surface area contributed by atoms with Crippen LogP contribution < -0.4 is 0 Å². The summed E-state index contributed by atoms with van der Waals surface area (Å²) in [5.74, 6) is 0. The Morgan fingerprint density at radius 3 is 2.92 bits per heavy atom. The molecule has 0 bridgehead atoms. The lowest BCUT2D eigenvalue weighted by atomic mass is 10.2.